The Morgan fingerprint density at radius 3 is 1.94 bits per heavy atom. The molecule has 0 aliphatic heterocycles. The average molecular weight is 533 g/mol. The highest BCUT2D eigenvalue weighted by atomic mass is 35.5. The van der Waals surface area contributed by atoms with E-state index in [1.165, 1.54) is 0 Å². The largest absolute Gasteiger partial charge is 0.448 e. The van der Waals surface area contributed by atoms with Gasteiger partial charge < -0.3 is 25.8 Å². The van der Waals surface area contributed by atoms with Crippen LogP contribution in [-0.2, 0) is 9.47 Å². The summed E-state index contributed by atoms with van der Waals surface area (Å²) >= 11 is 0. The monoisotopic (exact) mass is 531 g/mol. The molecule has 1 heterocycles. The second-order valence-corrected chi connectivity index (χ2v) is 7.03. The van der Waals surface area contributed by atoms with Crippen LogP contribution in [0, 0.1) is 0 Å². The number of pyridine rings is 1. The summed E-state index contributed by atoms with van der Waals surface area (Å²) in [6.45, 7) is 7.25. The van der Waals surface area contributed by atoms with Crippen LogP contribution in [0.1, 0.15) is 51.1 Å². The summed E-state index contributed by atoms with van der Waals surface area (Å²) in [5, 5.41) is 5.43. The van der Waals surface area contributed by atoms with Gasteiger partial charge in [0.25, 0.3) is 0 Å². The molecule has 0 bridgehead atoms. The van der Waals surface area contributed by atoms with Gasteiger partial charge >= 0.3 is 12.2 Å². The van der Waals surface area contributed by atoms with Crippen LogP contribution in [0.5, 0.6) is 0 Å². The fraction of sp³-hybridized carbons (Fsp3) is 0.667. The number of unbranched alkanes of at least 4 members (excludes halogenated alkanes) is 2. The Hall–Kier alpha value is -1.52. The second-order valence-electron chi connectivity index (χ2n) is 7.03. The first kappa shape index (κ1) is 36.1. The van der Waals surface area contributed by atoms with Gasteiger partial charge in [-0.25, -0.2) is 9.59 Å². The molecule has 0 aliphatic rings. The molecule has 0 radical (unpaired) electrons. The zero-order valence-electron chi connectivity index (χ0n) is 19.5. The predicted octanol–water partition coefficient (Wildman–Crippen LogP) is 3.70. The third kappa shape index (κ3) is 18.6. The van der Waals surface area contributed by atoms with Gasteiger partial charge in [0.05, 0.1) is 0 Å². The van der Waals surface area contributed by atoms with Crippen molar-refractivity contribution in [3.8, 4) is 0 Å². The number of rotatable bonds is 15. The molecule has 12 heteroatoms. The maximum absolute atomic E-state index is 11.7. The van der Waals surface area contributed by atoms with Gasteiger partial charge in [-0.1, -0.05) is 32.8 Å². The average Bonchev–Trinajstić information content (AvgIpc) is 2.74. The minimum absolute atomic E-state index is 0. The van der Waals surface area contributed by atoms with Crippen molar-refractivity contribution < 1.29 is 19.1 Å². The molecular weight excluding hydrogens is 493 g/mol. The molecule has 0 fully saturated rings. The molecule has 4 N–H and O–H groups in total. The van der Waals surface area contributed by atoms with Gasteiger partial charge in [0.15, 0.2) is 0 Å². The van der Waals surface area contributed by atoms with Crippen LogP contribution in [0.3, 0.4) is 0 Å². The molecule has 9 nitrogen and oxygen atoms in total. The lowest BCUT2D eigenvalue weighted by molar-refractivity contribution is 0.104. The number of hydrogen-bond donors (Lipinski definition) is 3. The smallest absolute Gasteiger partial charge is 0.407 e. The van der Waals surface area contributed by atoms with E-state index in [4.69, 9.17) is 15.2 Å². The number of halogens is 3. The molecule has 0 saturated carbocycles. The van der Waals surface area contributed by atoms with E-state index >= 15 is 0 Å². The minimum Gasteiger partial charge on any atom is -0.448 e. The summed E-state index contributed by atoms with van der Waals surface area (Å²) in [6.07, 6.45) is 6.43. The van der Waals surface area contributed by atoms with Crippen molar-refractivity contribution in [2.24, 2.45) is 5.73 Å². The number of alkyl carbamates (subject to hydrolysis) is 2. The summed E-state index contributed by atoms with van der Waals surface area (Å²) in [7, 11) is 0. The minimum atomic E-state index is -0.425. The molecule has 0 aliphatic carbocycles. The third-order valence-electron chi connectivity index (χ3n) is 4.45. The standard InChI is InChI=1S/C21H37N5O4.3ClH/c1-3-5-10-24-20(27)29-14-12-26(13-15-30-21(28)25-11-6-4-2)17-19(22)18-8-7-9-23-16-18;;;/h7-9,16,19H,3-6,10-15,17,22H2,1-2H3,(H,24,27)(H,25,28);3*1H. The number of carbonyl (C=O) groups is 2. The molecule has 1 aromatic heterocycles. The van der Waals surface area contributed by atoms with E-state index in [1.807, 2.05) is 17.0 Å². The quantitative estimate of drug-likeness (QED) is 0.295. The number of nitrogens with zero attached hydrogens (tertiary/aromatic N) is 2. The molecule has 0 saturated heterocycles. The van der Waals surface area contributed by atoms with Crippen molar-refractivity contribution in [1.82, 2.24) is 20.5 Å². The summed E-state index contributed by atoms with van der Waals surface area (Å²) in [6, 6.07) is 3.51. The SMILES string of the molecule is CCCCNC(=O)OCCN(CCOC(=O)NCCCC)CC(N)c1cccnc1.Cl.Cl.Cl. The van der Waals surface area contributed by atoms with Gasteiger partial charge in [-0.15, -0.1) is 37.2 Å². The lowest BCUT2D eigenvalue weighted by atomic mass is 10.1. The van der Waals surface area contributed by atoms with Gasteiger partial charge in [-0.05, 0) is 24.5 Å². The Kier molecular flexibility index (Phi) is 25.8. The Balaban J connectivity index is -0.00000300. The number of ether oxygens (including phenoxy) is 2. The number of aromatic nitrogens is 1. The summed E-state index contributed by atoms with van der Waals surface area (Å²) in [4.78, 5) is 29.5. The van der Waals surface area contributed by atoms with Crippen molar-refractivity contribution in [3.05, 3.63) is 30.1 Å². The van der Waals surface area contributed by atoms with Crippen LogP contribution >= 0.6 is 37.2 Å². The predicted molar refractivity (Wildman–Crippen MR) is 138 cm³/mol. The molecule has 1 aromatic rings. The Morgan fingerprint density at radius 1 is 1.00 bits per heavy atom. The van der Waals surface area contributed by atoms with Crippen molar-refractivity contribution in [1.29, 1.82) is 0 Å². The van der Waals surface area contributed by atoms with E-state index in [0.717, 1.165) is 31.2 Å². The molecule has 0 aromatic carbocycles. The van der Waals surface area contributed by atoms with E-state index in [9.17, 15) is 9.59 Å². The maximum Gasteiger partial charge on any atom is 0.407 e. The van der Waals surface area contributed by atoms with Crippen molar-refractivity contribution in [2.45, 2.75) is 45.6 Å². The van der Waals surface area contributed by atoms with Crippen LogP contribution in [0.2, 0.25) is 0 Å². The van der Waals surface area contributed by atoms with Crippen molar-refractivity contribution in [2.75, 3.05) is 45.9 Å². The highest BCUT2D eigenvalue weighted by Crippen LogP contribution is 2.10. The van der Waals surface area contributed by atoms with Crippen LogP contribution < -0.4 is 16.4 Å². The molecule has 1 atom stereocenters. The Bertz CT molecular complexity index is 575. The van der Waals surface area contributed by atoms with Gasteiger partial charge in [0, 0.05) is 51.2 Å². The first-order chi connectivity index (χ1) is 14.6. The van der Waals surface area contributed by atoms with Crippen LogP contribution in [-0.4, -0.2) is 68.0 Å². The molecule has 0 spiro atoms. The summed E-state index contributed by atoms with van der Waals surface area (Å²) in [5.74, 6) is 0. The third-order valence-corrected chi connectivity index (χ3v) is 4.45. The Morgan fingerprint density at radius 2 is 1.52 bits per heavy atom. The van der Waals surface area contributed by atoms with Gasteiger partial charge in [0.1, 0.15) is 13.2 Å². The fourth-order valence-electron chi connectivity index (χ4n) is 2.64. The maximum atomic E-state index is 11.7. The number of hydrogen-bond acceptors (Lipinski definition) is 7. The fourth-order valence-corrected chi connectivity index (χ4v) is 2.64. The van der Waals surface area contributed by atoms with Crippen LogP contribution in [0.4, 0.5) is 9.59 Å². The van der Waals surface area contributed by atoms with Crippen LogP contribution in [0.15, 0.2) is 24.5 Å². The number of carbonyl (C=O) groups excluding carboxylic acids is 2. The highest BCUT2D eigenvalue weighted by molar-refractivity contribution is 5.86. The lowest BCUT2D eigenvalue weighted by Gasteiger charge is -2.25. The van der Waals surface area contributed by atoms with E-state index < -0.39 is 12.2 Å². The second kappa shape index (κ2) is 23.6. The molecule has 2 amide bonds. The van der Waals surface area contributed by atoms with E-state index in [-0.39, 0.29) is 56.5 Å². The topological polar surface area (TPSA) is 119 Å². The zero-order valence-corrected chi connectivity index (χ0v) is 21.9. The van der Waals surface area contributed by atoms with Crippen LogP contribution in [0.25, 0.3) is 0 Å². The van der Waals surface area contributed by atoms with Gasteiger partial charge in [0.2, 0.25) is 0 Å². The van der Waals surface area contributed by atoms with E-state index in [0.29, 0.717) is 32.7 Å². The van der Waals surface area contributed by atoms with E-state index in [1.54, 1.807) is 12.4 Å². The molecule has 1 rings (SSSR count). The highest BCUT2D eigenvalue weighted by Gasteiger charge is 2.14. The molecule has 1 unspecified atom stereocenters. The molecule has 194 valence electrons. The number of nitrogens with one attached hydrogen (secondary N) is 2. The Labute approximate surface area is 216 Å². The molecular formula is C21H40Cl3N5O4. The summed E-state index contributed by atoms with van der Waals surface area (Å²) < 4.78 is 10.5. The zero-order chi connectivity index (χ0) is 22.0. The van der Waals surface area contributed by atoms with Gasteiger partial charge in [-0.3, -0.25) is 9.88 Å². The van der Waals surface area contributed by atoms with Crippen molar-refractivity contribution in [3.63, 3.8) is 0 Å². The van der Waals surface area contributed by atoms with Crippen molar-refractivity contribution >= 4 is 49.4 Å². The first-order valence-corrected chi connectivity index (χ1v) is 10.8. The lowest BCUT2D eigenvalue weighted by Crippen LogP contribution is -2.39. The van der Waals surface area contributed by atoms with E-state index in [2.05, 4.69) is 29.5 Å². The normalized spacial score (nSPS) is 10.7. The van der Waals surface area contributed by atoms with Gasteiger partial charge in [-0.2, -0.15) is 0 Å². The molecule has 33 heavy (non-hydrogen) atoms. The summed E-state index contributed by atoms with van der Waals surface area (Å²) in [5.41, 5.74) is 7.21. The number of nitrogens with two attached hydrogens (primary N) is 1. The number of amides is 2. The first-order valence-electron chi connectivity index (χ1n) is 10.8.